The molecule has 0 bridgehead atoms. The van der Waals surface area contributed by atoms with Gasteiger partial charge in [0.1, 0.15) is 5.75 Å². The Morgan fingerprint density at radius 1 is 1.00 bits per heavy atom. The van der Waals surface area contributed by atoms with Gasteiger partial charge in [-0.15, -0.1) is 0 Å². The summed E-state index contributed by atoms with van der Waals surface area (Å²) in [6.45, 7) is 0. The van der Waals surface area contributed by atoms with E-state index in [0.29, 0.717) is 12.0 Å². The second kappa shape index (κ2) is 4.69. The van der Waals surface area contributed by atoms with Crippen molar-refractivity contribution < 1.29 is 9.84 Å². The zero-order valence-corrected chi connectivity index (χ0v) is 10.1. The molecule has 2 saturated carbocycles. The van der Waals surface area contributed by atoms with Crippen LogP contribution in [0.4, 0.5) is 0 Å². The van der Waals surface area contributed by atoms with Gasteiger partial charge in [0.15, 0.2) is 0 Å². The van der Waals surface area contributed by atoms with Crippen molar-refractivity contribution in [1.82, 2.24) is 0 Å². The average molecular weight is 232 g/mol. The summed E-state index contributed by atoms with van der Waals surface area (Å²) < 4.78 is 5.74. The molecule has 2 aliphatic rings. The quantitative estimate of drug-likeness (QED) is 0.867. The van der Waals surface area contributed by atoms with E-state index in [1.165, 1.54) is 24.8 Å². The van der Waals surface area contributed by atoms with E-state index in [1.54, 1.807) is 0 Å². The van der Waals surface area contributed by atoms with Gasteiger partial charge in [-0.3, -0.25) is 0 Å². The van der Waals surface area contributed by atoms with Crippen molar-refractivity contribution >= 4 is 0 Å². The van der Waals surface area contributed by atoms with Crippen LogP contribution in [0.1, 0.15) is 50.0 Å². The number of rotatable bonds is 3. The Hall–Kier alpha value is -1.02. The predicted octanol–water partition coefficient (Wildman–Crippen LogP) is 3.25. The molecule has 92 valence electrons. The van der Waals surface area contributed by atoms with Crippen molar-refractivity contribution in [3.05, 3.63) is 29.8 Å². The molecule has 2 nitrogen and oxygen atoms in total. The van der Waals surface area contributed by atoms with Crippen LogP contribution < -0.4 is 4.74 Å². The predicted molar refractivity (Wildman–Crippen MR) is 67.3 cm³/mol. The Morgan fingerprint density at radius 3 is 2.41 bits per heavy atom. The fourth-order valence-electron chi connectivity index (χ4n) is 2.66. The molecule has 3 rings (SSSR count). The van der Waals surface area contributed by atoms with E-state index >= 15 is 0 Å². The van der Waals surface area contributed by atoms with Gasteiger partial charge < -0.3 is 9.84 Å². The molecular weight excluding hydrogens is 212 g/mol. The highest BCUT2D eigenvalue weighted by atomic mass is 16.5. The Bertz CT molecular complexity index is 367. The molecule has 2 heteroatoms. The molecule has 0 aromatic heterocycles. The first-order valence-electron chi connectivity index (χ1n) is 6.76. The lowest BCUT2D eigenvalue weighted by Gasteiger charge is -2.26. The Labute approximate surface area is 103 Å². The van der Waals surface area contributed by atoms with E-state index in [2.05, 4.69) is 24.3 Å². The number of ether oxygens (including phenoxy) is 1. The second-order valence-electron chi connectivity index (χ2n) is 5.40. The van der Waals surface area contributed by atoms with Gasteiger partial charge >= 0.3 is 0 Å². The smallest absolute Gasteiger partial charge is 0.119 e. The fraction of sp³-hybridized carbons (Fsp3) is 0.600. The largest absolute Gasteiger partial charge is 0.490 e. The molecule has 1 aromatic carbocycles. The molecule has 0 amide bonds. The van der Waals surface area contributed by atoms with Crippen LogP contribution >= 0.6 is 0 Å². The summed E-state index contributed by atoms with van der Waals surface area (Å²) >= 11 is 0. The van der Waals surface area contributed by atoms with Gasteiger partial charge in [0.2, 0.25) is 0 Å². The van der Waals surface area contributed by atoms with Gasteiger partial charge in [-0.25, -0.2) is 0 Å². The maximum Gasteiger partial charge on any atom is 0.119 e. The van der Waals surface area contributed by atoms with E-state index < -0.39 is 0 Å². The number of hydrogen-bond donors (Lipinski definition) is 1. The maximum atomic E-state index is 9.70. The van der Waals surface area contributed by atoms with E-state index in [0.717, 1.165) is 25.0 Å². The Morgan fingerprint density at radius 2 is 1.76 bits per heavy atom. The van der Waals surface area contributed by atoms with Crippen LogP contribution in [0.15, 0.2) is 24.3 Å². The van der Waals surface area contributed by atoms with Crippen molar-refractivity contribution in [1.29, 1.82) is 0 Å². The van der Waals surface area contributed by atoms with Gasteiger partial charge in [0.05, 0.1) is 12.2 Å². The molecule has 0 heterocycles. The highest BCUT2D eigenvalue weighted by Gasteiger charge is 2.24. The third-order valence-electron chi connectivity index (χ3n) is 3.83. The summed E-state index contributed by atoms with van der Waals surface area (Å²) in [6, 6.07) is 8.49. The third kappa shape index (κ3) is 2.81. The first-order valence-corrected chi connectivity index (χ1v) is 6.76. The topological polar surface area (TPSA) is 29.5 Å². The zero-order chi connectivity index (χ0) is 11.7. The Kier molecular flexibility index (Phi) is 3.06. The average Bonchev–Trinajstić information content (AvgIpc) is 3.14. The molecule has 17 heavy (non-hydrogen) atoms. The van der Waals surface area contributed by atoms with Crippen LogP contribution in [-0.4, -0.2) is 17.3 Å². The minimum Gasteiger partial charge on any atom is -0.490 e. The molecule has 2 unspecified atom stereocenters. The van der Waals surface area contributed by atoms with E-state index in [-0.39, 0.29) is 6.10 Å². The van der Waals surface area contributed by atoms with Crippen LogP contribution in [0.2, 0.25) is 0 Å². The molecular formula is C15H20O2. The van der Waals surface area contributed by atoms with E-state index in [9.17, 15) is 5.11 Å². The summed E-state index contributed by atoms with van der Waals surface area (Å²) in [5, 5.41) is 9.70. The summed E-state index contributed by atoms with van der Waals surface area (Å²) in [7, 11) is 0. The van der Waals surface area contributed by atoms with Crippen molar-refractivity contribution in [2.45, 2.75) is 56.7 Å². The SMILES string of the molecule is OC1CCCC(c2ccc(OC3CC3)cc2)C1. The third-order valence-corrected chi connectivity index (χ3v) is 3.83. The van der Waals surface area contributed by atoms with Gasteiger partial charge in [0, 0.05) is 0 Å². The molecule has 0 spiro atoms. The number of hydrogen-bond acceptors (Lipinski definition) is 2. The number of aliphatic hydroxyl groups is 1. The van der Waals surface area contributed by atoms with Crippen molar-refractivity contribution in [3.8, 4) is 5.75 Å². The van der Waals surface area contributed by atoms with Crippen molar-refractivity contribution in [2.75, 3.05) is 0 Å². The van der Waals surface area contributed by atoms with Crippen molar-refractivity contribution in [2.24, 2.45) is 0 Å². The fourth-order valence-corrected chi connectivity index (χ4v) is 2.66. The maximum absolute atomic E-state index is 9.70. The highest BCUT2D eigenvalue weighted by Crippen LogP contribution is 2.34. The molecule has 0 saturated heterocycles. The van der Waals surface area contributed by atoms with Crippen molar-refractivity contribution in [3.63, 3.8) is 0 Å². The normalized spacial score (nSPS) is 29.0. The standard InChI is InChI=1S/C15H20O2/c16-13-3-1-2-12(10-13)11-4-6-14(7-5-11)17-15-8-9-15/h4-7,12-13,15-16H,1-3,8-10H2. The molecule has 0 radical (unpaired) electrons. The first-order chi connectivity index (χ1) is 8.31. The van der Waals surface area contributed by atoms with E-state index in [4.69, 9.17) is 4.74 Å². The van der Waals surface area contributed by atoms with Crippen LogP contribution in [0.3, 0.4) is 0 Å². The van der Waals surface area contributed by atoms with Gasteiger partial charge in [-0.1, -0.05) is 18.6 Å². The lowest BCUT2D eigenvalue weighted by atomic mass is 9.82. The Balaban J connectivity index is 1.65. The second-order valence-corrected chi connectivity index (χ2v) is 5.40. The minimum absolute atomic E-state index is 0.101. The number of benzene rings is 1. The highest BCUT2D eigenvalue weighted by molar-refractivity contribution is 5.30. The van der Waals surface area contributed by atoms with Gasteiger partial charge in [-0.05, 0) is 55.7 Å². The lowest BCUT2D eigenvalue weighted by molar-refractivity contribution is 0.119. The van der Waals surface area contributed by atoms with Gasteiger partial charge in [0.25, 0.3) is 0 Å². The molecule has 2 fully saturated rings. The summed E-state index contributed by atoms with van der Waals surface area (Å²) in [5.74, 6) is 1.53. The zero-order valence-electron chi connectivity index (χ0n) is 10.1. The summed E-state index contributed by atoms with van der Waals surface area (Å²) in [6.07, 6.45) is 7.02. The number of aliphatic hydroxyl groups excluding tert-OH is 1. The molecule has 2 atom stereocenters. The molecule has 1 N–H and O–H groups in total. The summed E-state index contributed by atoms with van der Waals surface area (Å²) in [5.41, 5.74) is 1.35. The van der Waals surface area contributed by atoms with E-state index in [1.807, 2.05) is 0 Å². The van der Waals surface area contributed by atoms with Crippen LogP contribution in [-0.2, 0) is 0 Å². The summed E-state index contributed by atoms with van der Waals surface area (Å²) in [4.78, 5) is 0. The minimum atomic E-state index is -0.101. The molecule has 0 aliphatic heterocycles. The monoisotopic (exact) mass is 232 g/mol. The molecule has 2 aliphatic carbocycles. The van der Waals surface area contributed by atoms with Crippen LogP contribution in [0.5, 0.6) is 5.75 Å². The lowest BCUT2D eigenvalue weighted by Crippen LogP contribution is -2.18. The van der Waals surface area contributed by atoms with Crippen LogP contribution in [0, 0.1) is 0 Å². The van der Waals surface area contributed by atoms with Gasteiger partial charge in [-0.2, -0.15) is 0 Å². The first kappa shape index (κ1) is 11.1. The molecule has 1 aromatic rings. The van der Waals surface area contributed by atoms with Crippen LogP contribution in [0.25, 0.3) is 0 Å².